The molecule has 0 saturated carbocycles. The molecule has 0 amide bonds. The van der Waals surface area contributed by atoms with Crippen molar-refractivity contribution in [3.63, 3.8) is 0 Å². The first-order chi connectivity index (χ1) is 49.7. The minimum atomic E-state index is -2.82. The van der Waals surface area contributed by atoms with Crippen molar-refractivity contribution in [1.29, 1.82) is 0 Å². The molecule has 9 nitrogen and oxygen atoms in total. The van der Waals surface area contributed by atoms with E-state index in [1.165, 1.54) is 0 Å². The van der Waals surface area contributed by atoms with Crippen LogP contribution in [0.4, 0.5) is 68.6 Å². The number of para-hydroxylation sites is 4. The fourth-order valence-corrected chi connectivity index (χ4v) is 12.7. The quantitative estimate of drug-likeness (QED) is 0.0563. The van der Waals surface area contributed by atoms with Crippen LogP contribution in [0.25, 0.3) is 52.3 Å². The SMILES string of the molecule is CN(C)c1ccc(C2=[N+](B(F)F)C(=Nc3c(-c4ccccc4)cc(-c4ccc(N(C)C)cc4)n3C)C(c3ccccc3)=C2)cc1.Cn1c(/C=C2/C=CC(/C=C/c3ccc(N(c4ccccc4)c4ccccc4)cc3)=[N+]2B(F)F)ccc1/C=C/c1ccc(N(c2ccccc2)c2ccccc2)cc1. The summed E-state index contributed by atoms with van der Waals surface area (Å²) >= 11 is 0. The van der Waals surface area contributed by atoms with Crippen molar-refractivity contribution in [3.05, 3.63) is 361 Å². The Hall–Kier alpha value is -12.5. The minimum absolute atomic E-state index is 0.204. The number of anilines is 8. The average Bonchev–Trinajstić information content (AvgIpc) is 1.60. The van der Waals surface area contributed by atoms with Gasteiger partial charge in [0.05, 0.1) is 16.8 Å². The van der Waals surface area contributed by atoms with Crippen LogP contribution in [0.2, 0.25) is 0 Å². The highest BCUT2D eigenvalue weighted by Crippen LogP contribution is 2.41. The van der Waals surface area contributed by atoms with Crippen LogP contribution in [-0.4, -0.2) is 78.4 Å². The van der Waals surface area contributed by atoms with Crippen molar-refractivity contribution in [2.45, 2.75) is 0 Å². The van der Waals surface area contributed by atoms with Gasteiger partial charge in [-0.1, -0.05) is 176 Å². The van der Waals surface area contributed by atoms with E-state index < -0.39 is 14.8 Å². The van der Waals surface area contributed by atoms with E-state index in [9.17, 15) is 8.63 Å². The maximum absolute atomic E-state index is 15.2. The first-order valence-electron chi connectivity index (χ1n) is 33.7. The third-order valence-corrected chi connectivity index (χ3v) is 18.1. The lowest BCUT2D eigenvalue weighted by Crippen LogP contribution is -2.31. The fraction of sp³-hybridized carbons (Fsp3) is 0.0690. The van der Waals surface area contributed by atoms with Gasteiger partial charge >= 0.3 is 20.6 Å². The van der Waals surface area contributed by atoms with E-state index in [2.05, 4.69) is 124 Å². The van der Waals surface area contributed by atoms with Gasteiger partial charge in [0.1, 0.15) is 5.71 Å². The van der Waals surface area contributed by atoms with E-state index in [-0.39, 0.29) is 5.84 Å². The summed E-state index contributed by atoms with van der Waals surface area (Å²) < 4.78 is 65.7. The smallest absolute Gasteiger partial charge is 0.378 e. The highest BCUT2D eigenvalue weighted by atomic mass is 19.2. The zero-order valence-electron chi connectivity index (χ0n) is 57.6. The van der Waals surface area contributed by atoms with Gasteiger partial charge in [-0.2, -0.15) is 0 Å². The molecule has 4 heterocycles. The van der Waals surface area contributed by atoms with Crippen LogP contribution >= 0.6 is 0 Å². The van der Waals surface area contributed by atoms with Crippen LogP contribution in [0.1, 0.15) is 33.6 Å². The largest absolute Gasteiger partial charge is 0.935 e. The summed E-state index contributed by atoms with van der Waals surface area (Å²) in [4.78, 5) is 13.6. The van der Waals surface area contributed by atoms with Crippen LogP contribution in [-0.2, 0) is 14.1 Å². The first-order valence-corrected chi connectivity index (χ1v) is 33.7. The number of rotatable bonds is 20. The maximum Gasteiger partial charge on any atom is 0.935 e. The Bertz CT molecular complexity index is 5050. The van der Waals surface area contributed by atoms with E-state index >= 15 is 8.63 Å². The van der Waals surface area contributed by atoms with E-state index in [1.807, 2.05) is 269 Å². The molecule has 0 N–H and O–H groups in total. The Labute approximate surface area is 595 Å². The summed E-state index contributed by atoms with van der Waals surface area (Å²) in [5.74, 6) is 0.801. The summed E-state index contributed by atoms with van der Waals surface area (Å²) in [7, 11) is 6.30. The number of allylic oxidation sites excluding steroid dienone is 4. The standard InChI is InChI=1S/C50H40BF2N4.C37H35BF2N5/c1-54-41(28-22-39-23-29-46(30-24-39)55(42-14-6-2-7-15-42)43-16-8-3-9-17-43)34-36-49(54)38-50-37-35-48(57(50)51(52)53)33-27-40-25-31-47(32-26-40)56(44-18-10-4-11-19-44)45-20-12-5-13-21-45;1-42(2)30-20-16-28(17-21-30)34-24-32(26-12-8-6-9-13-26)36(44(34)5)41-37-33(27-14-10-7-11-15-27)25-35(45(37)38(39)40)29-18-22-31(23-19-29)43(3)4/h2-38H,1H3;6-25H,1-5H3/q2*+1. The molecule has 12 aromatic rings. The summed E-state index contributed by atoms with van der Waals surface area (Å²) in [6.07, 6.45) is 14.8. The Morgan fingerprint density at radius 1 is 0.373 bits per heavy atom. The first kappa shape index (κ1) is 68.1. The molecule has 10 aromatic carbocycles. The van der Waals surface area contributed by atoms with Crippen LogP contribution in [0, 0.1) is 0 Å². The molecule has 0 fully saturated rings. The number of nitrogens with zero attached hydrogens (tertiary/aromatic N) is 9. The second-order valence-electron chi connectivity index (χ2n) is 25.0. The van der Waals surface area contributed by atoms with Gasteiger partial charge in [0, 0.05) is 135 Å². The Morgan fingerprint density at radius 2 is 0.775 bits per heavy atom. The van der Waals surface area contributed by atoms with Crippen molar-refractivity contribution < 1.29 is 26.2 Å². The van der Waals surface area contributed by atoms with E-state index in [4.69, 9.17) is 4.99 Å². The van der Waals surface area contributed by atoms with Crippen molar-refractivity contribution in [1.82, 2.24) is 9.13 Å². The Morgan fingerprint density at radius 3 is 1.23 bits per heavy atom. The second-order valence-corrected chi connectivity index (χ2v) is 25.0. The third kappa shape index (κ3) is 15.2. The topological polar surface area (TPSA) is 41.2 Å². The summed E-state index contributed by atoms with van der Waals surface area (Å²) in [5.41, 5.74) is 19.3. The zero-order valence-corrected chi connectivity index (χ0v) is 57.6. The number of aromatic nitrogens is 2. The molecule has 2 aliphatic heterocycles. The van der Waals surface area contributed by atoms with Crippen LogP contribution in [0.3, 0.4) is 0 Å². The van der Waals surface area contributed by atoms with Crippen LogP contribution in [0.15, 0.2) is 332 Å². The molecule has 500 valence electrons. The number of hydrogen-bond acceptors (Lipinski definition) is 5. The Kier molecular flexibility index (Phi) is 20.8. The van der Waals surface area contributed by atoms with Gasteiger partial charge in [-0.25, -0.2) is 26.2 Å². The van der Waals surface area contributed by atoms with Gasteiger partial charge in [-0.3, -0.25) is 0 Å². The monoisotopic (exact) mass is 1340 g/mol. The predicted octanol–water partition coefficient (Wildman–Crippen LogP) is 21.2. The van der Waals surface area contributed by atoms with Gasteiger partial charge in [-0.05, 0) is 172 Å². The summed E-state index contributed by atoms with van der Waals surface area (Å²) in [6.45, 7) is 0. The molecule has 102 heavy (non-hydrogen) atoms. The molecule has 14 rings (SSSR count). The lowest BCUT2D eigenvalue weighted by atomic mass is 10.0. The molecule has 0 spiro atoms. The maximum atomic E-state index is 15.2. The fourth-order valence-electron chi connectivity index (χ4n) is 12.7. The lowest BCUT2D eigenvalue weighted by molar-refractivity contribution is -0.339. The molecule has 0 unspecified atom stereocenters. The molecule has 0 bridgehead atoms. The molecule has 15 heteroatoms. The van der Waals surface area contributed by atoms with Crippen molar-refractivity contribution in [3.8, 4) is 22.4 Å². The minimum Gasteiger partial charge on any atom is -0.378 e. The Balaban J connectivity index is 0.000000187. The molecule has 0 radical (unpaired) electrons. The lowest BCUT2D eigenvalue weighted by Gasteiger charge is -2.25. The van der Waals surface area contributed by atoms with Gasteiger partial charge < -0.3 is 28.7 Å². The van der Waals surface area contributed by atoms with E-state index in [0.29, 0.717) is 34.1 Å². The average molecular weight is 1340 g/mol. The number of halogens is 4. The van der Waals surface area contributed by atoms with Crippen LogP contribution in [0.5, 0.6) is 0 Å². The van der Waals surface area contributed by atoms with Crippen molar-refractivity contribution in [2.24, 2.45) is 19.1 Å². The molecule has 0 aliphatic carbocycles. The molecular weight excluding hydrogens is 1270 g/mol. The predicted molar refractivity (Wildman–Crippen MR) is 421 cm³/mol. The number of hydrogen-bond donors (Lipinski definition) is 0. The normalized spacial score (nSPS) is 13.5. The number of benzene rings is 10. The molecule has 0 saturated heterocycles. The molecular formula is C87H75B2F4N9+2. The second kappa shape index (κ2) is 31.2. The highest BCUT2D eigenvalue weighted by molar-refractivity contribution is 6.45. The van der Waals surface area contributed by atoms with Gasteiger partial charge in [0.2, 0.25) is 0 Å². The van der Waals surface area contributed by atoms with Crippen molar-refractivity contribution in [2.75, 3.05) is 47.8 Å². The summed E-state index contributed by atoms with van der Waals surface area (Å²) in [6, 6.07) is 99.2. The van der Waals surface area contributed by atoms with Gasteiger partial charge in [0.15, 0.2) is 11.4 Å². The van der Waals surface area contributed by atoms with E-state index in [1.54, 1.807) is 24.3 Å². The van der Waals surface area contributed by atoms with Crippen molar-refractivity contribution >= 4 is 113 Å². The number of amidine groups is 1. The highest BCUT2D eigenvalue weighted by Gasteiger charge is 2.44. The summed E-state index contributed by atoms with van der Waals surface area (Å²) in [5, 5.41) is 0. The molecule has 2 aliphatic rings. The number of aliphatic imine (C=N–C) groups is 1. The van der Waals surface area contributed by atoms with Gasteiger partial charge in [-0.15, -0.1) is 0 Å². The van der Waals surface area contributed by atoms with Gasteiger partial charge in [0.25, 0.3) is 5.82 Å². The zero-order chi connectivity index (χ0) is 70.6. The van der Waals surface area contributed by atoms with Crippen LogP contribution < -0.4 is 19.6 Å². The third-order valence-electron chi connectivity index (χ3n) is 18.1. The molecule has 2 aromatic heterocycles. The van der Waals surface area contributed by atoms with E-state index in [0.717, 1.165) is 105 Å². The molecule has 0 atom stereocenters.